The van der Waals surface area contributed by atoms with Gasteiger partial charge in [0.1, 0.15) is 11.9 Å². The van der Waals surface area contributed by atoms with Gasteiger partial charge in [-0.05, 0) is 25.0 Å². The second kappa shape index (κ2) is 9.08. The summed E-state index contributed by atoms with van der Waals surface area (Å²) in [6.07, 6.45) is 2.12. The molecular weight excluding hydrogens is 358 g/mol. The Morgan fingerprint density at radius 1 is 1.04 bits per heavy atom. The minimum atomic E-state index is -0.379. The third kappa shape index (κ3) is 5.03. The van der Waals surface area contributed by atoms with E-state index in [0.29, 0.717) is 45.4 Å². The van der Waals surface area contributed by atoms with E-state index in [4.69, 9.17) is 10.5 Å². The SMILES string of the molecule is CC(=O)N1CCC(C(=O)N2CC[C@H](Oc3ccccc3)[C@@H](CC(N)=O)C2)CC1. The lowest BCUT2D eigenvalue weighted by atomic mass is 9.88. The van der Waals surface area contributed by atoms with Crippen LogP contribution in [0.2, 0.25) is 0 Å². The van der Waals surface area contributed by atoms with E-state index < -0.39 is 0 Å². The van der Waals surface area contributed by atoms with Crippen LogP contribution in [0.25, 0.3) is 0 Å². The molecule has 1 aromatic carbocycles. The largest absolute Gasteiger partial charge is 0.490 e. The second-order valence-corrected chi connectivity index (χ2v) is 7.75. The molecule has 0 saturated carbocycles. The number of amides is 3. The minimum Gasteiger partial charge on any atom is -0.490 e. The first-order valence-corrected chi connectivity index (χ1v) is 9.98. The molecule has 1 aromatic rings. The van der Waals surface area contributed by atoms with Gasteiger partial charge in [0.2, 0.25) is 17.7 Å². The summed E-state index contributed by atoms with van der Waals surface area (Å²) in [4.78, 5) is 39.7. The Labute approximate surface area is 165 Å². The summed E-state index contributed by atoms with van der Waals surface area (Å²) >= 11 is 0. The van der Waals surface area contributed by atoms with Crippen LogP contribution in [-0.4, -0.2) is 59.8 Å². The van der Waals surface area contributed by atoms with E-state index in [-0.39, 0.29) is 42.1 Å². The number of ether oxygens (including phenoxy) is 1. The van der Waals surface area contributed by atoms with Crippen molar-refractivity contribution in [1.29, 1.82) is 0 Å². The van der Waals surface area contributed by atoms with Crippen molar-refractivity contribution in [2.75, 3.05) is 26.2 Å². The molecule has 2 atom stereocenters. The maximum Gasteiger partial charge on any atom is 0.225 e. The van der Waals surface area contributed by atoms with Gasteiger partial charge in [0, 0.05) is 57.8 Å². The van der Waals surface area contributed by atoms with Gasteiger partial charge in [-0.15, -0.1) is 0 Å². The van der Waals surface area contributed by atoms with Crippen LogP contribution in [0.1, 0.15) is 32.6 Å². The van der Waals surface area contributed by atoms with Gasteiger partial charge in [0.25, 0.3) is 0 Å². The van der Waals surface area contributed by atoms with Gasteiger partial charge >= 0.3 is 0 Å². The summed E-state index contributed by atoms with van der Waals surface area (Å²) in [6.45, 7) is 3.91. The maximum atomic E-state index is 13.0. The maximum absolute atomic E-state index is 13.0. The van der Waals surface area contributed by atoms with Gasteiger partial charge < -0.3 is 20.3 Å². The highest BCUT2D eigenvalue weighted by molar-refractivity contribution is 5.80. The molecule has 2 aliphatic rings. The van der Waals surface area contributed by atoms with Crippen molar-refractivity contribution in [3.05, 3.63) is 30.3 Å². The molecule has 0 aromatic heterocycles. The Morgan fingerprint density at radius 2 is 1.68 bits per heavy atom. The number of benzene rings is 1. The topological polar surface area (TPSA) is 92.9 Å². The van der Waals surface area contributed by atoms with Gasteiger partial charge in [-0.2, -0.15) is 0 Å². The summed E-state index contributed by atoms with van der Waals surface area (Å²) in [7, 11) is 0. The molecule has 0 spiro atoms. The Kier molecular flexibility index (Phi) is 6.54. The number of hydrogen-bond acceptors (Lipinski definition) is 4. The third-order valence-corrected chi connectivity index (χ3v) is 5.76. The number of nitrogens with zero attached hydrogens (tertiary/aromatic N) is 2. The van der Waals surface area contributed by atoms with Crippen LogP contribution >= 0.6 is 0 Å². The zero-order valence-electron chi connectivity index (χ0n) is 16.4. The minimum absolute atomic E-state index is 0.0589. The van der Waals surface area contributed by atoms with E-state index in [1.807, 2.05) is 35.2 Å². The van der Waals surface area contributed by atoms with Crippen molar-refractivity contribution in [3.63, 3.8) is 0 Å². The summed E-state index contributed by atoms with van der Waals surface area (Å²) in [6, 6.07) is 9.52. The number of likely N-dealkylation sites (tertiary alicyclic amines) is 2. The summed E-state index contributed by atoms with van der Waals surface area (Å²) in [5.41, 5.74) is 5.45. The molecule has 0 aliphatic carbocycles. The molecule has 7 heteroatoms. The molecule has 2 saturated heterocycles. The lowest BCUT2D eigenvalue weighted by Gasteiger charge is -2.40. The van der Waals surface area contributed by atoms with E-state index in [1.165, 1.54) is 0 Å². The fourth-order valence-electron chi connectivity index (χ4n) is 4.19. The number of carbonyl (C=O) groups excluding carboxylic acids is 3. The van der Waals surface area contributed by atoms with Crippen LogP contribution in [-0.2, 0) is 14.4 Å². The van der Waals surface area contributed by atoms with Crippen LogP contribution in [0.4, 0.5) is 0 Å². The van der Waals surface area contributed by atoms with Crippen LogP contribution in [0.5, 0.6) is 5.75 Å². The smallest absolute Gasteiger partial charge is 0.225 e. The number of rotatable bonds is 5. The molecule has 3 amide bonds. The van der Waals surface area contributed by atoms with Crippen molar-refractivity contribution in [1.82, 2.24) is 9.80 Å². The first-order chi connectivity index (χ1) is 13.4. The van der Waals surface area contributed by atoms with Crippen molar-refractivity contribution >= 4 is 17.7 Å². The zero-order chi connectivity index (χ0) is 20.1. The van der Waals surface area contributed by atoms with Crippen molar-refractivity contribution in [2.24, 2.45) is 17.6 Å². The van der Waals surface area contributed by atoms with Crippen molar-refractivity contribution in [3.8, 4) is 5.75 Å². The van der Waals surface area contributed by atoms with Gasteiger partial charge in [-0.3, -0.25) is 14.4 Å². The van der Waals surface area contributed by atoms with E-state index in [9.17, 15) is 14.4 Å². The molecule has 0 bridgehead atoms. The van der Waals surface area contributed by atoms with E-state index in [0.717, 1.165) is 5.75 Å². The van der Waals surface area contributed by atoms with Crippen LogP contribution in [0.3, 0.4) is 0 Å². The molecule has 0 unspecified atom stereocenters. The van der Waals surface area contributed by atoms with Crippen LogP contribution < -0.4 is 10.5 Å². The fourth-order valence-corrected chi connectivity index (χ4v) is 4.19. The van der Waals surface area contributed by atoms with Crippen molar-refractivity contribution < 1.29 is 19.1 Å². The lowest BCUT2D eigenvalue weighted by Crippen LogP contribution is -2.51. The molecule has 28 heavy (non-hydrogen) atoms. The Morgan fingerprint density at radius 3 is 2.29 bits per heavy atom. The quantitative estimate of drug-likeness (QED) is 0.827. The molecular formula is C21H29N3O4. The molecule has 2 aliphatic heterocycles. The Hall–Kier alpha value is -2.57. The highest BCUT2D eigenvalue weighted by atomic mass is 16.5. The predicted molar refractivity (Wildman–Crippen MR) is 104 cm³/mol. The zero-order valence-corrected chi connectivity index (χ0v) is 16.4. The summed E-state index contributed by atoms with van der Waals surface area (Å²) < 4.78 is 6.09. The number of hydrogen-bond donors (Lipinski definition) is 1. The van der Waals surface area contributed by atoms with Gasteiger partial charge in [-0.25, -0.2) is 0 Å². The van der Waals surface area contributed by atoms with E-state index >= 15 is 0 Å². The standard InChI is InChI=1S/C21H29N3O4/c1-15(25)23-10-7-16(8-11-23)21(27)24-12-9-19(17(14-24)13-20(22)26)28-18-5-3-2-4-6-18/h2-6,16-17,19H,7-14H2,1H3,(H2,22,26)/t17-,19-/m0/s1. The van der Waals surface area contributed by atoms with Crippen LogP contribution in [0.15, 0.2) is 30.3 Å². The Bertz CT molecular complexity index is 701. The highest BCUT2D eigenvalue weighted by Crippen LogP contribution is 2.28. The van der Waals surface area contributed by atoms with Crippen molar-refractivity contribution in [2.45, 2.75) is 38.7 Å². The molecule has 152 valence electrons. The number of para-hydroxylation sites is 1. The Balaban J connectivity index is 1.61. The second-order valence-electron chi connectivity index (χ2n) is 7.75. The molecule has 2 fully saturated rings. The predicted octanol–water partition coefficient (Wildman–Crippen LogP) is 1.42. The molecule has 3 rings (SSSR count). The first kappa shape index (κ1) is 20.2. The molecule has 0 radical (unpaired) electrons. The monoisotopic (exact) mass is 387 g/mol. The number of primary amides is 1. The molecule has 7 nitrogen and oxygen atoms in total. The lowest BCUT2D eigenvalue weighted by molar-refractivity contribution is -0.143. The van der Waals surface area contributed by atoms with Gasteiger partial charge in [0.05, 0.1) is 0 Å². The average Bonchev–Trinajstić information content (AvgIpc) is 2.69. The van der Waals surface area contributed by atoms with E-state index in [1.54, 1.807) is 11.8 Å². The summed E-state index contributed by atoms with van der Waals surface area (Å²) in [5.74, 6) is 0.389. The number of nitrogens with two attached hydrogens (primary N) is 1. The van der Waals surface area contributed by atoms with Gasteiger partial charge in [0.15, 0.2) is 0 Å². The fraction of sp³-hybridized carbons (Fsp3) is 0.571. The molecule has 2 heterocycles. The number of piperidine rings is 2. The highest BCUT2D eigenvalue weighted by Gasteiger charge is 2.37. The normalized spacial score (nSPS) is 23.3. The first-order valence-electron chi connectivity index (χ1n) is 9.98. The number of carbonyl (C=O) groups is 3. The molecule has 2 N–H and O–H groups in total. The average molecular weight is 387 g/mol. The van der Waals surface area contributed by atoms with E-state index in [2.05, 4.69) is 0 Å². The summed E-state index contributed by atoms with van der Waals surface area (Å²) in [5, 5.41) is 0. The van der Waals surface area contributed by atoms with Gasteiger partial charge in [-0.1, -0.05) is 18.2 Å². The third-order valence-electron chi connectivity index (χ3n) is 5.76. The van der Waals surface area contributed by atoms with Crippen LogP contribution in [0, 0.1) is 11.8 Å².